The van der Waals surface area contributed by atoms with Gasteiger partial charge in [0.2, 0.25) is 5.71 Å². The molecule has 0 saturated heterocycles. The summed E-state index contributed by atoms with van der Waals surface area (Å²) in [7, 11) is 0. The molecule has 0 atom stereocenters. The SMILES string of the molecule is Cc1ccc2c(n1)oc1c(-c3cc(-c4ccc5ccccc5c4C)ccn3)[c-]ccc12.[Ir].[c-]1ccccc1-c1ccccn1. The molecular weight excluding hydrogens is 719 g/mol. The van der Waals surface area contributed by atoms with Crippen LogP contribution in [0.15, 0.2) is 132 Å². The van der Waals surface area contributed by atoms with E-state index in [4.69, 9.17) is 4.42 Å². The van der Waals surface area contributed by atoms with Gasteiger partial charge >= 0.3 is 0 Å². The van der Waals surface area contributed by atoms with E-state index in [2.05, 4.69) is 88.6 Å². The van der Waals surface area contributed by atoms with E-state index in [9.17, 15) is 0 Å². The first kappa shape index (κ1) is 29.1. The van der Waals surface area contributed by atoms with Gasteiger partial charge in [-0.2, -0.15) is 0 Å². The third-order valence-electron chi connectivity index (χ3n) is 7.61. The molecule has 0 fully saturated rings. The first-order valence-electron chi connectivity index (χ1n) is 14.2. The van der Waals surface area contributed by atoms with Crippen LogP contribution < -0.4 is 0 Å². The quantitative estimate of drug-likeness (QED) is 0.169. The average molecular weight is 746 g/mol. The predicted molar refractivity (Wildman–Crippen MR) is 175 cm³/mol. The average Bonchev–Trinajstić information content (AvgIpc) is 3.44. The third kappa shape index (κ3) is 5.68. The normalized spacial score (nSPS) is 10.8. The van der Waals surface area contributed by atoms with E-state index in [1.807, 2.05) is 73.8 Å². The van der Waals surface area contributed by atoms with E-state index in [0.29, 0.717) is 5.71 Å². The zero-order chi connectivity index (χ0) is 29.2. The van der Waals surface area contributed by atoms with Gasteiger partial charge in [0.05, 0.1) is 5.58 Å². The Hall–Kier alpha value is -4.96. The van der Waals surface area contributed by atoms with Crippen molar-refractivity contribution in [1.82, 2.24) is 15.0 Å². The maximum Gasteiger partial charge on any atom is 0.216 e. The van der Waals surface area contributed by atoms with Crippen molar-refractivity contribution in [2.45, 2.75) is 13.8 Å². The van der Waals surface area contributed by atoms with Crippen LogP contribution in [0.1, 0.15) is 11.3 Å². The van der Waals surface area contributed by atoms with Gasteiger partial charge in [-0.25, -0.2) is 4.98 Å². The molecule has 0 aliphatic heterocycles. The number of hydrogen-bond donors (Lipinski definition) is 0. The number of pyridine rings is 3. The number of nitrogens with zero attached hydrogens (tertiary/aromatic N) is 3. The molecule has 44 heavy (non-hydrogen) atoms. The van der Waals surface area contributed by atoms with E-state index >= 15 is 0 Å². The monoisotopic (exact) mass is 746 g/mol. The Kier molecular flexibility index (Phi) is 8.42. The summed E-state index contributed by atoms with van der Waals surface area (Å²) in [6, 6.07) is 45.2. The van der Waals surface area contributed by atoms with Crippen molar-refractivity contribution in [3.05, 3.63) is 151 Å². The van der Waals surface area contributed by atoms with Crippen LogP contribution in [0.2, 0.25) is 0 Å². The largest absolute Gasteiger partial charge is 0.486 e. The van der Waals surface area contributed by atoms with Crippen LogP contribution in [0.25, 0.3) is 66.5 Å². The molecule has 8 rings (SSSR count). The molecule has 4 heterocycles. The Balaban J connectivity index is 0.000000222. The van der Waals surface area contributed by atoms with Gasteiger partial charge in [0.1, 0.15) is 0 Å². The molecule has 4 aromatic carbocycles. The summed E-state index contributed by atoms with van der Waals surface area (Å²) in [6.45, 7) is 4.15. The molecule has 0 unspecified atom stereocenters. The molecule has 0 amide bonds. The summed E-state index contributed by atoms with van der Waals surface area (Å²) in [5, 5.41) is 4.56. The van der Waals surface area contributed by atoms with Crippen LogP contribution in [0.3, 0.4) is 0 Å². The Labute approximate surface area is 269 Å². The number of furan rings is 1. The van der Waals surface area contributed by atoms with Gasteiger partial charge in [-0.05, 0) is 77.0 Å². The molecule has 0 spiro atoms. The smallest absolute Gasteiger partial charge is 0.216 e. The molecule has 0 N–H and O–H groups in total. The third-order valence-corrected chi connectivity index (χ3v) is 7.61. The number of fused-ring (bicyclic) bond motifs is 4. The van der Waals surface area contributed by atoms with Crippen molar-refractivity contribution < 1.29 is 24.5 Å². The van der Waals surface area contributed by atoms with Gasteiger partial charge in [-0.1, -0.05) is 65.5 Å². The van der Waals surface area contributed by atoms with E-state index in [-0.39, 0.29) is 20.1 Å². The second-order valence-electron chi connectivity index (χ2n) is 10.4. The molecule has 0 saturated carbocycles. The molecule has 4 aromatic heterocycles. The summed E-state index contributed by atoms with van der Waals surface area (Å²) in [5.74, 6) is 0. The summed E-state index contributed by atoms with van der Waals surface area (Å²) in [5.41, 5.74) is 9.66. The van der Waals surface area contributed by atoms with Gasteiger partial charge < -0.3 is 14.4 Å². The minimum absolute atomic E-state index is 0. The van der Waals surface area contributed by atoms with Crippen LogP contribution in [0.5, 0.6) is 0 Å². The zero-order valence-corrected chi connectivity index (χ0v) is 26.6. The molecule has 1 radical (unpaired) electrons. The van der Waals surface area contributed by atoms with E-state index in [1.54, 1.807) is 6.20 Å². The second kappa shape index (κ2) is 12.7. The number of rotatable bonds is 3. The molecule has 0 bridgehead atoms. The molecule has 0 aliphatic rings. The Morgan fingerprint density at radius 3 is 2.32 bits per heavy atom. The summed E-state index contributed by atoms with van der Waals surface area (Å²) < 4.78 is 6.16. The molecule has 4 nitrogen and oxygen atoms in total. The van der Waals surface area contributed by atoms with Crippen LogP contribution in [0.4, 0.5) is 0 Å². The van der Waals surface area contributed by atoms with Crippen molar-refractivity contribution >= 4 is 32.8 Å². The van der Waals surface area contributed by atoms with Crippen molar-refractivity contribution in [2.24, 2.45) is 0 Å². The van der Waals surface area contributed by atoms with Crippen molar-refractivity contribution in [3.63, 3.8) is 0 Å². The van der Waals surface area contributed by atoms with Gasteiger partial charge in [-0.15, -0.1) is 54.1 Å². The van der Waals surface area contributed by atoms with Crippen LogP contribution in [-0.2, 0) is 20.1 Å². The fraction of sp³-hybridized carbons (Fsp3) is 0.0513. The van der Waals surface area contributed by atoms with Crippen LogP contribution >= 0.6 is 0 Å². The second-order valence-corrected chi connectivity index (χ2v) is 10.4. The number of benzene rings is 4. The number of aryl methyl sites for hydroxylation is 2. The Morgan fingerprint density at radius 2 is 1.48 bits per heavy atom. The van der Waals surface area contributed by atoms with Crippen LogP contribution in [-0.4, -0.2) is 15.0 Å². The van der Waals surface area contributed by atoms with Crippen molar-refractivity contribution in [3.8, 4) is 33.6 Å². The minimum atomic E-state index is 0. The molecule has 215 valence electrons. The zero-order valence-electron chi connectivity index (χ0n) is 24.2. The molecule has 0 aliphatic carbocycles. The summed E-state index contributed by atoms with van der Waals surface area (Å²) in [6.07, 6.45) is 3.65. The van der Waals surface area contributed by atoms with Gasteiger partial charge in [-0.3, -0.25) is 0 Å². The summed E-state index contributed by atoms with van der Waals surface area (Å²) >= 11 is 0. The van der Waals surface area contributed by atoms with Crippen molar-refractivity contribution in [2.75, 3.05) is 0 Å². The minimum Gasteiger partial charge on any atom is -0.486 e. The van der Waals surface area contributed by atoms with E-state index in [1.165, 1.54) is 21.9 Å². The van der Waals surface area contributed by atoms with Gasteiger partial charge in [0.15, 0.2) is 0 Å². The molecule has 5 heteroatoms. The first-order chi connectivity index (χ1) is 21.2. The van der Waals surface area contributed by atoms with Gasteiger partial charge in [0.25, 0.3) is 0 Å². The number of aromatic nitrogens is 3. The van der Waals surface area contributed by atoms with Gasteiger partial charge in [0, 0.05) is 43.6 Å². The van der Waals surface area contributed by atoms with E-state index in [0.717, 1.165) is 50.1 Å². The standard InChI is InChI=1S/C28H19N2O.C11H8N.Ir/c1-17-10-12-24-23-8-5-9-25(27(23)31-28(24)30-17)26-16-20(14-15-29-26)22-13-11-19-6-3-4-7-21(19)18(22)2;1-2-6-10(7-3-1)11-8-4-5-9-12-11;/h3-8,10-16H,1-2H3;1-6,8-9H;/q2*-1;. The number of hydrogen-bond acceptors (Lipinski definition) is 4. The fourth-order valence-corrected chi connectivity index (χ4v) is 5.45. The molecular formula is C39H27IrN3O-2. The maximum atomic E-state index is 6.16. The maximum absolute atomic E-state index is 6.16. The molecule has 8 aromatic rings. The van der Waals surface area contributed by atoms with Crippen molar-refractivity contribution in [1.29, 1.82) is 0 Å². The Morgan fingerprint density at radius 1 is 0.636 bits per heavy atom. The Bertz CT molecular complexity index is 2170. The first-order valence-corrected chi connectivity index (χ1v) is 14.2. The van der Waals surface area contributed by atoms with E-state index < -0.39 is 0 Å². The predicted octanol–water partition coefficient (Wildman–Crippen LogP) is 9.83. The fourth-order valence-electron chi connectivity index (χ4n) is 5.45. The topological polar surface area (TPSA) is 51.8 Å². The van der Waals surface area contributed by atoms with Crippen LogP contribution in [0, 0.1) is 26.0 Å². The summed E-state index contributed by atoms with van der Waals surface area (Å²) in [4.78, 5) is 13.4.